The monoisotopic (exact) mass is 569 g/mol. The second-order valence-corrected chi connectivity index (χ2v) is 11.8. The maximum Gasteiger partial charge on any atom is 0.264 e. The van der Waals surface area contributed by atoms with E-state index in [2.05, 4.69) is 5.32 Å². The van der Waals surface area contributed by atoms with Gasteiger partial charge in [0.15, 0.2) is 0 Å². The molecule has 0 spiro atoms. The molecule has 3 aromatic carbocycles. The molecule has 0 fully saturated rings. The molecule has 0 aliphatic carbocycles. The van der Waals surface area contributed by atoms with Crippen LogP contribution in [-0.2, 0) is 32.6 Å². The van der Waals surface area contributed by atoms with Crippen molar-refractivity contribution in [3.05, 3.63) is 95.0 Å². The van der Waals surface area contributed by atoms with E-state index >= 15 is 0 Å². The molecule has 208 valence electrons. The van der Waals surface area contributed by atoms with Crippen LogP contribution in [0.1, 0.15) is 45.2 Å². The summed E-state index contributed by atoms with van der Waals surface area (Å²) in [5.74, 6) is -0.821. The number of amides is 2. The Morgan fingerprint density at radius 2 is 1.59 bits per heavy atom. The van der Waals surface area contributed by atoms with Gasteiger partial charge < -0.3 is 10.2 Å². The second kappa shape index (κ2) is 13.6. The summed E-state index contributed by atoms with van der Waals surface area (Å²) in [5, 5.41) is 3.43. The van der Waals surface area contributed by atoms with Crippen LogP contribution in [0.3, 0.4) is 0 Å². The summed E-state index contributed by atoms with van der Waals surface area (Å²) in [6.07, 6.45) is 1.31. The van der Waals surface area contributed by atoms with Gasteiger partial charge in [0.2, 0.25) is 11.8 Å². The molecule has 0 aliphatic rings. The first-order valence-electron chi connectivity index (χ1n) is 13.1. The quantitative estimate of drug-likeness (QED) is 0.315. The lowest BCUT2D eigenvalue weighted by molar-refractivity contribution is -0.139. The molecule has 39 heavy (non-hydrogen) atoms. The molecule has 2 atom stereocenters. The average Bonchev–Trinajstić information content (AvgIpc) is 2.94. The van der Waals surface area contributed by atoms with E-state index < -0.39 is 28.5 Å². The van der Waals surface area contributed by atoms with Crippen molar-refractivity contribution in [2.45, 2.75) is 64.1 Å². The van der Waals surface area contributed by atoms with Crippen molar-refractivity contribution in [3.63, 3.8) is 0 Å². The van der Waals surface area contributed by atoms with Gasteiger partial charge in [-0.1, -0.05) is 74.0 Å². The smallest absolute Gasteiger partial charge is 0.264 e. The van der Waals surface area contributed by atoms with Gasteiger partial charge in [-0.3, -0.25) is 13.9 Å². The van der Waals surface area contributed by atoms with Crippen molar-refractivity contribution in [1.82, 2.24) is 10.2 Å². The van der Waals surface area contributed by atoms with Crippen LogP contribution in [0, 0.1) is 0 Å². The van der Waals surface area contributed by atoms with E-state index in [0.29, 0.717) is 17.1 Å². The Kier molecular flexibility index (Phi) is 10.5. The standard InChI is InChI=1S/C30H36ClN3O4S/c1-5-22(3)32-30(36)23(4)33(20-24-13-12-15-26(31)19-24)29(35)21-34(28-18-11-10-14-25(28)6-2)39(37,38)27-16-8-7-9-17-27/h7-19,22-23H,5-6,20-21H2,1-4H3,(H,32,36)/t22-,23-/m1/s1. The number of anilines is 1. The van der Waals surface area contributed by atoms with Crippen molar-refractivity contribution in [3.8, 4) is 0 Å². The number of nitrogens with one attached hydrogen (secondary N) is 1. The van der Waals surface area contributed by atoms with E-state index in [1.807, 2.05) is 39.0 Å². The van der Waals surface area contributed by atoms with Crippen LogP contribution in [0.2, 0.25) is 5.02 Å². The molecule has 0 bridgehead atoms. The molecule has 0 radical (unpaired) electrons. The number of carbonyl (C=O) groups is 2. The number of para-hydroxylation sites is 1. The van der Waals surface area contributed by atoms with E-state index in [-0.39, 0.29) is 23.4 Å². The Labute approximate surface area is 236 Å². The first kappa shape index (κ1) is 30.2. The van der Waals surface area contributed by atoms with Crippen LogP contribution in [0.4, 0.5) is 5.69 Å². The molecule has 0 aliphatic heterocycles. The molecule has 0 unspecified atom stereocenters. The Morgan fingerprint density at radius 1 is 0.923 bits per heavy atom. The van der Waals surface area contributed by atoms with Crippen molar-refractivity contribution in [2.75, 3.05) is 10.8 Å². The fourth-order valence-electron chi connectivity index (χ4n) is 4.17. The van der Waals surface area contributed by atoms with Gasteiger partial charge in [-0.05, 0) is 68.1 Å². The van der Waals surface area contributed by atoms with E-state index in [4.69, 9.17) is 11.6 Å². The topological polar surface area (TPSA) is 86.8 Å². The van der Waals surface area contributed by atoms with Gasteiger partial charge in [0.25, 0.3) is 10.0 Å². The average molecular weight is 570 g/mol. The van der Waals surface area contributed by atoms with Crippen LogP contribution >= 0.6 is 11.6 Å². The minimum absolute atomic E-state index is 0.0746. The molecule has 3 rings (SSSR count). The third kappa shape index (κ3) is 7.61. The van der Waals surface area contributed by atoms with E-state index in [9.17, 15) is 18.0 Å². The molecular formula is C30H36ClN3O4S. The summed E-state index contributed by atoms with van der Waals surface area (Å²) >= 11 is 6.19. The largest absolute Gasteiger partial charge is 0.352 e. The van der Waals surface area contributed by atoms with Crippen molar-refractivity contribution >= 4 is 39.1 Å². The number of hydrogen-bond acceptors (Lipinski definition) is 4. The minimum atomic E-state index is -4.10. The summed E-state index contributed by atoms with van der Waals surface area (Å²) in [6, 6.07) is 21.3. The zero-order chi connectivity index (χ0) is 28.6. The lowest BCUT2D eigenvalue weighted by Gasteiger charge is -2.33. The van der Waals surface area contributed by atoms with Gasteiger partial charge in [-0.2, -0.15) is 0 Å². The molecule has 0 heterocycles. The second-order valence-electron chi connectivity index (χ2n) is 9.45. The Hall–Kier alpha value is -3.36. The number of aryl methyl sites for hydroxylation is 1. The SMILES string of the molecule is CCc1ccccc1N(CC(=O)N(Cc1cccc(Cl)c1)[C@H](C)C(=O)N[C@H](C)CC)S(=O)(=O)c1ccccc1. The van der Waals surface area contributed by atoms with Crippen LogP contribution in [0.15, 0.2) is 83.8 Å². The van der Waals surface area contributed by atoms with Gasteiger partial charge in [-0.25, -0.2) is 8.42 Å². The van der Waals surface area contributed by atoms with E-state index in [1.54, 1.807) is 55.5 Å². The van der Waals surface area contributed by atoms with Gasteiger partial charge in [-0.15, -0.1) is 0 Å². The number of nitrogens with zero attached hydrogens (tertiary/aromatic N) is 2. The Bertz CT molecular complexity index is 1380. The fourth-order valence-corrected chi connectivity index (χ4v) is 5.85. The first-order valence-corrected chi connectivity index (χ1v) is 14.9. The molecule has 1 N–H and O–H groups in total. The highest BCUT2D eigenvalue weighted by molar-refractivity contribution is 7.92. The highest BCUT2D eigenvalue weighted by atomic mass is 35.5. The maximum atomic E-state index is 14.0. The van der Waals surface area contributed by atoms with Crippen molar-refractivity contribution in [2.24, 2.45) is 0 Å². The zero-order valence-corrected chi connectivity index (χ0v) is 24.4. The van der Waals surface area contributed by atoms with Crippen LogP contribution < -0.4 is 9.62 Å². The molecule has 0 aromatic heterocycles. The molecular weight excluding hydrogens is 534 g/mol. The third-order valence-electron chi connectivity index (χ3n) is 6.66. The van der Waals surface area contributed by atoms with Crippen LogP contribution in [0.25, 0.3) is 0 Å². The van der Waals surface area contributed by atoms with Crippen molar-refractivity contribution < 1.29 is 18.0 Å². The summed E-state index contributed by atoms with van der Waals surface area (Å²) in [5.41, 5.74) is 1.94. The molecule has 0 saturated heterocycles. The number of rotatable bonds is 12. The Morgan fingerprint density at radius 3 is 2.23 bits per heavy atom. The third-order valence-corrected chi connectivity index (χ3v) is 8.67. The fraction of sp³-hybridized carbons (Fsp3) is 0.333. The highest BCUT2D eigenvalue weighted by Gasteiger charge is 2.33. The summed E-state index contributed by atoms with van der Waals surface area (Å²) in [7, 11) is -4.10. The normalized spacial score (nSPS) is 12.8. The molecule has 9 heteroatoms. The molecule has 3 aromatic rings. The molecule has 2 amide bonds. The molecule has 7 nitrogen and oxygen atoms in total. The predicted molar refractivity (Wildman–Crippen MR) is 156 cm³/mol. The van der Waals surface area contributed by atoms with Gasteiger partial charge >= 0.3 is 0 Å². The lowest BCUT2D eigenvalue weighted by Crippen LogP contribution is -2.52. The van der Waals surface area contributed by atoms with Gasteiger partial charge in [0, 0.05) is 17.6 Å². The maximum absolute atomic E-state index is 14.0. The summed E-state index contributed by atoms with van der Waals surface area (Å²) in [4.78, 5) is 28.6. The van der Waals surface area contributed by atoms with Gasteiger partial charge in [0.05, 0.1) is 10.6 Å². The van der Waals surface area contributed by atoms with E-state index in [0.717, 1.165) is 21.9 Å². The van der Waals surface area contributed by atoms with Crippen LogP contribution in [0.5, 0.6) is 0 Å². The lowest BCUT2D eigenvalue weighted by atomic mass is 10.1. The summed E-state index contributed by atoms with van der Waals surface area (Å²) < 4.78 is 29.0. The summed E-state index contributed by atoms with van der Waals surface area (Å²) in [6.45, 7) is 7.04. The number of hydrogen-bond donors (Lipinski definition) is 1. The van der Waals surface area contributed by atoms with Crippen molar-refractivity contribution in [1.29, 1.82) is 0 Å². The van der Waals surface area contributed by atoms with E-state index in [1.165, 1.54) is 17.0 Å². The number of sulfonamides is 1. The number of carbonyl (C=O) groups excluding carboxylic acids is 2. The molecule has 0 saturated carbocycles. The first-order chi connectivity index (χ1) is 18.6. The number of halogens is 1. The van der Waals surface area contributed by atoms with Crippen LogP contribution in [-0.4, -0.2) is 43.8 Å². The zero-order valence-electron chi connectivity index (χ0n) is 22.8. The minimum Gasteiger partial charge on any atom is -0.352 e. The Balaban J connectivity index is 2.05. The van der Waals surface area contributed by atoms with Gasteiger partial charge in [0.1, 0.15) is 12.6 Å². The predicted octanol–water partition coefficient (Wildman–Crippen LogP) is 5.43. The number of benzene rings is 3. The highest BCUT2D eigenvalue weighted by Crippen LogP contribution is 2.28.